The second-order valence-corrected chi connectivity index (χ2v) is 5.81. The van der Waals surface area contributed by atoms with Gasteiger partial charge in [-0.05, 0) is 24.3 Å². The minimum absolute atomic E-state index is 0.172. The number of benzene rings is 1. The summed E-state index contributed by atoms with van der Waals surface area (Å²) in [6, 6.07) is 9.06. The number of hydrazine groups is 1. The molecule has 6 heteroatoms. The fourth-order valence-electron chi connectivity index (χ4n) is 1.73. The first-order valence-electron chi connectivity index (χ1n) is 5.20. The van der Waals surface area contributed by atoms with Gasteiger partial charge in [-0.2, -0.15) is 0 Å². The number of hydrogen-bond donors (Lipinski definition) is 2. The van der Waals surface area contributed by atoms with Crippen molar-refractivity contribution in [2.45, 2.75) is 6.04 Å². The van der Waals surface area contributed by atoms with Gasteiger partial charge in [-0.3, -0.25) is 5.84 Å². The number of hydrogen-bond acceptors (Lipinski definition) is 4. The third-order valence-electron chi connectivity index (χ3n) is 2.55. The Kier molecular flexibility index (Phi) is 4.48. The molecule has 1 heterocycles. The van der Waals surface area contributed by atoms with Crippen LogP contribution in [0.15, 0.2) is 30.3 Å². The summed E-state index contributed by atoms with van der Waals surface area (Å²) in [4.78, 5) is 1.02. The van der Waals surface area contributed by atoms with E-state index in [1.165, 1.54) is 11.3 Å². The molecule has 0 aliphatic heterocycles. The van der Waals surface area contributed by atoms with Crippen LogP contribution in [-0.4, -0.2) is 7.11 Å². The molecule has 3 N–H and O–H groups in total. The van der Waals surface area contributed by atoms with Crippen molar-refractivity contribution in [2.24, 2.45) is 5.84 Å². The van der Waals surface area contributed by atoms with Gasteiger partial charge >= 0.3 is 0 Å². The van der Waals surface area contributed by atoms with E-state index < -0.39 is 0 Å². The predicted molar refractivity (Wildman–Crippen MR) is 76.5 cm³/mol. The van der Waals surface area contributed by atoms with Crippen LogP contribution < -0.4 is 16.0 Å². The molecule has 18 heavy (non-hydrogen) atoms. The molecule has 2 rings (SSSR count). The Balaban J connectivity index is 2.44. The maximum Gasteiger partial charge on any atom is 0.125 e. The Labute approximate surface area is 119 Å². The number of thiophene rings is 1. The number of rotatable bonds is 4. The van der Waals surface area contributed by atoms with Crippen molar-refractivity contribution in [1.29, 1.82) is 0 Å². The number of nitrogens with two attached hydrogens (primary N) is 1. The molecule has 0 saturated heterocycles. The summed E-state index contributed by atoms with van der Waals surface area (Å²) in [5, 5.41) is 0.621. The molecule has 0 spiro atoms. The van der Waals surface area contributed by atoms with Gasteiger partial charge in [0.05, 0.1) is 17.5 Å². The van der Waals surface area contributed by atoms with Crippen LogP contribution in [0.2, 0.25) is 9.36 Å². The third kappa shape index (κ3) is 2.79. The van der Waals surface area contributed by atoms with Gasteiger partial charge in [-0.25, -0.2) is 5.43 Å². The molecule has 2 aromatic rings. The summed E-state index contributed by atoms with van der Waals surface area (Å²) >= 11 is 13.4. The molecule has 1 unspecified atom stereocenters. The molecule has 1 aromatic heterocycles. The minimum Gasteiger partial charge on any atom is -0.496 e. The van der Waals surface area contributed by atoms with E-state index in [1.807, 2.05) is 18.2 Å². The van der Waals surface area contributed by atoms with E-state index in [0.717, 1.165) is 14.8 Å². The molecular weight excluding hydrogens is 291 g/mol. The molecule has 0 fully saturated rings. The zero-order valence-corrected chi connectivity index (χ0v) is 11.9. The zero-order valence-electron chi connectivity index (χ0n) is 9.61. The number of halogens is 2. The quantitative estimate of drug-likeness (QED) is 0.670. The Hall–Kier alpha value is -0.780. The van der Waals surface area contributed by atoms with Gasteiger partial charge in [0.25, 0.3) is 0 Å². The second-order valence-electron chi connectivity index (χ2n) is 3.63. The maximum absolute atomic E-state index is 5.95. The van der Waals surface area contributed by atoms with Crippen molar-refractivity contribution < 1.29 is 4.74 Å². The smallest absolute Gasteiger partial charge is 0.125 e. The molecular formula is C12H12Cl2N2OS. The number of methoxy groups -OCH3 is 1. The number of ether oxygens (including phenoxy) is 1. The summed E-state index contributed by atoms with van der Waals surface area (Å²) in [5.74, 6) is 6.32. The second kappa shape index (κ2) is 5.91. The summed E-state index contributed by atoms with van der Waals surface area (Å²) < 4.78 is 6.05. The van der Waals surface area contributed by atoms with E-state index in [0.29, 0.717) is 10.8 Å². The van der Waals surface area contributed by atoms with Gasteiger partial charge in [-0.1, -0.05) is 29.3 Å². The fraction of sp³-hybridized carbons (Fsp3) is 0.167. The standard InChI is InChI=1S/C12H12Cl2N2OS/c1-17-9-6-7(13)2-3-8(9)12(16-15)10-4-5-11(14)18-10/h2-6,12,16H,15H2,1H3. The molecule has 1 atom stereocenters. The van der Waals surface area contributed by atoms with E-state index in [2.05, 4.69) is 5.43 Å². The first-order valence-corrected chi connectivity index (χ1v) is 6.77. The first kappa shape index (κ1) is 13.6. The average molecular weight is 303 g/mol. The van der Waals surface area contributed by atoms with Crippen LogP contribution in [0.5, 0.6) is 5.75 Å². The predicted octanol–water partition coefficient (Wildman–Crippen LogP) is 3.62. The monoisotopic (exact) mass is 302 g/mol. The highest BCUT2D eigenvalue weighted by Crippen LogP contribution is 2.35. The topological polar surface area (TPSA) is 47.3 Å². The summed E-state index contributed by atoms with van der Waals surface area (Å²) in [5.41, 5.74) is 3.69. The van der Waals surface area contributed by atoms with Crippen LogP contribution in [0.25, 0.3) is 0 Å². The lowest BCUT2D eigenvalue weighted by Crippen LogP contribution is -2.28. The van der Waals surface area contributed by atoms with Crippen LogP contribution >= 0.6 is 34.5 Å². The van der Waals surface area contributed by atoms with E-state index in [1.54, 1.807) is 19.2 Å². The van der Waals surface area contributed by atoms with Crippen molar-refractivity contribution in [3.63, 3.8) is 0 Å². The van der Waals surface area contributed by atoms with Gasteiger partial charge in [0.1, 0.15) is 5.75 Å². The van der Waals surface area contributed by atoms with Crippen LogP contribution in [0.1, 0.15) is 16.5 Å². The van der Waals surface area contributed by atoms with Gasteiger partial charge in [0.15, 0.2) is 0 Å². The van der Waals surface area contributed by atoms with E-state index in [9.17, 15) is 0 Å². The summed E-state index contributed by atoms with van der Waals surface area (Å²) in [6.45, 7) is 0. The molecule has 3 nitrogen and oxygen atoms in total. The molecule has 0 radical (unpaired) electrons. The molecule has 1 aromatic carbocycles. The van der Waals surface area contributed by atoms with Crippen LogP contribution in [0, 0.1) is 0 Å². The first-order chi connectivity index (χ1) is 8.65. The van der Waals surface area contributed by atoms with Crippen molar-refractivity contribution in [3.05, 3.63) is 50.1 Å². The minimum atomic E-state index is -0.172. The third-order valence-corrected chi connectivity index (χ3v) is 4.08. The summed E-state index contributed by atoms with van der Waals surface area (Å²) in [6.07, 6.45) is 0. The van der Waals surface area contributed by atoms with Gasteiger partial charge in [0, 0.05) is 15.5 Å². The van der Waals surface area contributed by atoms with Crippen molar-refractivity contribution in [1.82, 2.24) is 5.43 Å². The SMILES string of the molecule is COc1cc(Cl)ccc1C(NN)c1ccc(Cl)s1. The molecule has 0 aliphatic carbocycles. The lowest BCUT2D eigenvalue weighted by molar-refractivity contribution is 0.404. The van der Waals surface area contributed by atoms with Crippen molar-refractivity contribution >= 4 is 34.5 Å². The van der Waals surface area contributed by atoms with E-state index in [4.69, 9.17) is 33.8 Å². The Morgan fingerprint density at radius 3 is 2.61 bits per heavy atom. The molecule has 96 valence electrons. The average Bonchev–Trinajstić information content (AvgIpc) is 2.78. The van der Waals surface area contributed by atoms with Crippen molar-refractivity contribution in [3.8, 4) is 5.75 Å². The largest absolute Gasteiger partial charge is 0.496 e. The molecule has 0 bridgehead atoms. The highest BCUT2D eigenvalue weighted by Gasteiger charge is 2.18. The van der Waals surface area contributed by atoms with Gasteiger partial charge in [0.2, 0.25) is 0 Å². The van der Waals surface area contributed by atoms with Crippen molar-refractivity contribution in [2.75, 3.05) is 7.11 Å². The zero-order chi connectivity index (χ0) is 13.1. The van der Waals surface area contributed by atoms with Crippen LogP contribution in [0.4, 0.5) is 0 Å². The number of nitrogens with one attached hydrogen (secondary N) is 1. The maximum atomic E-state index is 5.95. The normalized spacial score (nSPS) is 12.4. The highest BCUT2D eigenvalue weighted by molar-refractivity contribution is 7.16. The van der Waals surface area contributed by atoms with Gasteiger partial charge < -0.3 is 4.74 Å². The molecule has 0 amide bonds. The Bertz CT molecular complexity index is 545. The lowest BCUT2D eigenvalue weighted by atomic mass is 10.0. The van der Waals surface area contributed by atoms with Crippen LogP contribution in [0.3, 0.4) is 0 Å². The highest BCUT2D eigenvalue weighted by atomic mass is 35.5. The fourth-order valence-corrected chi connectivity index (χ4v) is 3.03. The van der Waals surface area contributed by atoms with E-state index >= 15 is 0 Å². The Morgan fingerprint density at radius 2 is 2.06 bits per heavy atom. The molecule has 0 aliphatic rings. The lowest BCUT2D eigenvalue weighted by Gasteiger charge is -2.18. The van der Waals surface area contributed by atoms with Crippen LogP contribution in [-0.2, 0) is 0 Å². The Morgan fingerprint density at radius 1 is 1.28 bits per heavy atom. The molecule has 0 saturated carbocycles. The van der Waals surface area contributed by atoms with Gasteiger partial charge in [-0.15, -0.1) is 11.3 Å². The summed E-state index contributed by atoms with van der Waals surface area (Å²) in [7, 11) is 1.60. The van der Waals surface area contributed by atoms with E-state index in [-0.39, 0.29) is 6.04 Å².